The topological polar surface area (TPSA) is 105 Å². The summed E-state index contributed by atoms with van der Waals surface area (Å²) in [5, 5.41) is 2.70. The van der Waals surface area contributed by atoms with Gasteiger partial charge >= 0.3 is 6.18 Å². The highest BCUT2D eigenvalue weighted by Crippen LogP contribution is 2.45. The summed E-state index contributed by atoms with van der Waals surface area (Å²) in [7, 11) is -4.27. The Labute approximate surface area is 246 Å². The number of alkyl halides is 4. The van der Waals surface area contributed by atoms with Gasteiger partial charge in [0.25, 0.3) is 0 Å². The summed E-state index contributed by atoms with van der Waals surface area (Å²) in [5.41, 5.74) is 1.84. The molecule has 1 aliphatic carbocycles. The molecule has 2 aliphatic rings. The second-order valence-corrected chi connectivity index (χ2v) is 13.0. The zero-order valence-electron chi connectivity index (χ0n) is 22.1. The van der Waals surface area contributed by atoms with Crippen molar-refractivity contribution in [2.45, 2.75) is 61.8 Å². The van der Waals surface area contributed by atoms with Crippen LogP contribution >= 0.6 is 15.9 Å². The SMILES string of the molecule is C[C@H]1[C@H](CF)C[C@@H](C(=O)NCc2cc(-c3cnc(C(F)(F)F)nc3)c(Br)c(C3CC3)n2)N1S(=O)(=O)c1ccc(F)cc1. The normalized spacial score (nSPS) is 21.5. The van der Waals surface area contributed by atoms with Gasteiger partial charge in [-0.25, -0.2) is 22.8 Å². The van der Waals surface area contributed by atoms with Crippen LogP contribution in [0.4, 0.5) is 22.0 Å². The Hall–Kier alpha value is -3.04. The predicted octanol–water partition coefficient (Wildman–Crippen LogP) is 5.39. The molecule has 1 amide bonds. The standard InChI is InChI=1S/C27H25BrF5N5O3S/c1-14-16(10-29)8-22(38(14)42(40,41)20-6-4-18(30)5-7-20)25(39)34-13-19-9-21(23(28)24(37-19)15-2-3-15)17-11-35-26(36-12-17)27(31,32)33/h4-7,9,11-12,14-16,22H,2-3,8,10,13H2,1H3,(H,34,39)/t14-,16-,22-/m0/s1. The number of sulfonamides is 1. The van der Waals surface area contributed by atoms with Crippen molar-refractivity contribution in [3.8, 4) is 11.1 Å². The fourth-order valence-electron chi connectivity index (χ4n) is 5.05. The van der Waals surface area contributed by atoms with E-state index in [4.69, 9.17) is 0 Å². The van der Waals surface area contributed by atoms with E-state index in [1.54, 1.807) is 6.07 Å². The van der Waals surface area contributed by atoms with Gasteiger partial charge in [0.2, 0.25) is 21.8 Å². The lowest BCUT2D eigenvalue weighted by atomic mass is 10.0. The van der Waals surface area contributed by atoms with Crippen LogP contribution in [0.5, 0.6) is 0 Å². The van der Waals surface area contributed by atoms with Crippen LogP contribution in [-0.4, -0.2) is 52.3 Å². The quantitative estimate of drug-likeness (QED) is 0.322. The first-order chi connectivity index (χ1) is 19.8. The molecule has 0 spiro atoms. The van der Waals surface area contributed by atoms with Gasteiger partial charge in [0, 0.05) is 45.9 Å². The van der Waals surface area contributed by atoms with Crippen LogP contribution in [0.2, 0.25) is 0 Å². The molecule has 1 N–H and O–H groups in total. The Morgan fingerprint density at radius 3 is 2.36 bits per heavy atom. The van der Waals surface area contributed by atoms with E-state index in [0.717, 1.165) is 53.8 Å². The van der Waals surface area contributed by atoms with Crippen LogP contribution in [0.15, 0.2) is 52.1 Å². The summed E-state index contributed by atoms with van der Waals surface area (Å²) in [6, 6.07) is 3.68. The number of carbonyl (C=O) groups is 1. The molecular weight excluding hydrogens is 649 g/mol. The zero-order valence-corrected chi connectivity index (χ0v) is 24.5. The fraction of sp³-hybridized carbons (Fsp3) is 0.407. The Balaban J connectivity index is 1.41. The van der Waals surface area contributed by atoms with Gasteiger partial charge < -0.3 is 5.32 Å². The summed E-state index contributed by atoms with van der Waals surface area (Å²) in [6.07, 6.45) is -0.899. The number of hydrogen-bond donors (Lipinski definition) is 1. The molecule has 3 heterocycles. The van der Waals surface area contributed by atoms with E-state index in [2.05, 4.69) is 36.2 Å². The number of nitrogens with one attached hydrogen (secondary N) is 1. The van der Waals surface area contributed by atoms with E-state index < -0.39 is 58.4 Å². The Morgan fingerprint density at radius 2 is 1.79 bits per heavy atom. The molecule has 3 atom stereocenters. The Morgan fingerprint density at radius 1 is 1.14 bits per heavy atom. The van der Waals surface area contributed by atoms with Crippen LogP contribution < -0.4 is 5.32 Å². The van der Waals surface area contributed by atoms with Crippen molar-refractivity contribution in [3.63, 3.8) is 0 Å². The van der Waals surface area contributed by atoms with Crippen molar-refractivity contribution < 1.29 is 35.2 Å². The van der Waals surface area contributed by atoms with Crippen molar-refractivity contribution in [3.05, 3.63) is 70.2 Å². The second kappa shape index (κ2) is 11.6. The lowest BCUT2D eigenvalue weighted by Crippen LogP contribution is -2.48. The maximum atomic E-state index is 13.8. The lowest BCUT2D eigenvalue weighted by molar-refractivity contribution is -0.145. The Bertz CT molecular complexity index is 1590. The number of halogens is 6. The molecule has 15 heteroatoms. The number of benzene rings is 1. The summed E-state index contributed by atoms with van der Waals surface area (Å²) in [5.74, 6) is -3.17. The number of hydrogen-bond acceptors (Lipinski definition) is 6. The van der Waals surface area contributed by atoms with Gasteiger partial charge in [-0.1, -0.05) is 0 Å². The molecule has 0 bridgehead atoms. The number of carbonyl (C=O) groups excluding carboxylic acids is 1. The van der Waals surface area contributed by atoms with Crippen molar-refractivity contribution in [2.75, 3.05) is 6.67 Å². The fourth-order valence-corrected chi connectivity index (χ4v) is 7.66. The van der Waals surface area contributed by atoms with Crippen LogP contribution in [-0.2, 0) is 27.5 Å². The smallest absolute Gasteiger partial charge is 0.349 e. The number of amides is 1. The molecule has 224 valence electrons. The van der Waals surface area contributed by atoms with Gasteiger partial charge in [-0.15, -0.1) is 0 Å². The van der Waals surface area contributed by atoms with Crippen molar-refractivity contribution >= 4 is 31.9 Å². The van der Waals surface area contributed by atoms with Gasteiger partial charge in [-0.05, 0) is 72.4 Å². The van der Waals surface area contributed by atoms with Gasteiger partial charge in [-0.2, -0.15) is 17.5 Å². The number of nitrogens with zero attached hydrogens (tertiary/aromatic N) is 4. The molecule has 1 aromatic carbocycles. The van der Waals surface area contributed by atoms with E-state index >= 15 is 0 Å². The van der Waals surface area contributed by atoms with Crippen LogP contribution in [0.1, 0.15) is 49.3 Å². The van der Waals surface area contributed by atoms with Crippen LogP contribution in [0.3, 0.4) is 0 Å². The second-order valence-electron chi connectivity index (χ2n) is 10.3. The van der Waals surface area contributed by atoms with Gasteiger partial charge in [0.1, 0.15) is 11.9 Å². The number of pyridine rings is 1. The molecule has 42 heavy (non-hydrogen) atoms. The van der Waals surface area contributed by atoms with Gasteiger partial charge in [-0.3, -0.25) is 14.2 Å². The van der Waals surface area contributed by atoms with Crippen molar-refractivity contribution in [1.29, 1.82) is 0 Å². The number of aromatic nitrogens is 3. The molecular formula is C27H25BrF5N5O3S. The first kappa shape index (κ1) is 30.4. The molecule has 1 saturated carbocycles. The Kier molecular flexibility index (Phi) is 8.38. The largest absolute Gasteiger partial charge is 0.451 e. The molecule has 0 unspecified atom stereocenters. The number of rotatable bonds is 8. The van der Waals surface area contributed by atoms with Crippen LogP contribution in [0.25, 0.3) is 11.1 Å². The van der Waals surface area contributed by atoms with Crippen molar-refractivity contribution in [2.24, 2.45) is 5.92 Å². The third-order valence-electron chi connectivity index (χ3n) is 7.47. The average Bonchev–Trinajstić information content (AvgIpc) is 3.73. The van der Waals surface area contributed by atoms with E-state index in [1.165, 1.54) is 6.92 Å². The molecule has 2 aromatic heterocycles. The van der Waals surface area contributed by atoms with Gasteiger partial charge in [0.15, 0.2) is 0 Å². The van der Waals surface area contributed by atoms with E-state index in [-0.39, 0.29) is 23.8 Å². The van der Waals surface area contributed by atoms with Crippen molar-refractivity contribution in [1.82, 2.24) is 24.6 Å². The molecule has 5 rings (SSSR count). The van der Waals surface area contributed by atoms with E-state index in [0.29, 0.717) is 27.0 Å². The summed E-state index contributed by atoms with van der Waals surface area (Å²) in [6.45, 7) is 0.559. The minimum atomic E-state index is -4.69. The molecule has 2 fully saturated rings. The molecule has 0 radical (unpaired) electrons. The molecule has 3 aromatic rings. The maximum absolute atomic E-state index is 13.8. The molecule has 1 saturated heterocycles. The minimum Gasteiger partial charge on any atom is -0.349 e. The van der Waals surface area contributed by atoms with E-state index in [1.807, 2.05) is 0 Å². The third-order valence-corrected chi connectivity index (χ3v) is 10.3. The zero-order chi connectivity index (χ0) is 30.4. The monoisotopic (exact) mass is 673 g/mol. The predicted molar refractivity (Wildman–Crippen MR) is 145 cm³/mol. The summed E-state index contributed by atoms with van der Waals surface area (Å²) >= 11 is 3.50. The van der Waals surface area contributed by atoms with Crippen LogP contribution in [0, 0.1) is 11.7 Å². The van der Waals surface area contributed by atoms with E-state index in [9.17, 15) is 35.2 Å². The molecule has 8 nitrogen and oxygen atoms in total. The van der Waals surface area contributed by atoms with Gasteiger partial charge in [0.05, 0.1) is 29.5 Å². The summed E-state index contributed by atoms with van der Waals surface area (Å²) < 4.78 is 94.6. The highest BCUT2D eigenvalue weighted by Gasteiger charge is 2.48. The first-order valence-electron chi connectivity index (χ1n) is 13.0. The highest BCUT2D eigenvalue weighted by molar-refractivity contribution is 9.10. The average molecular weight is 674 g/mol. The first-order valence-corrected chi connectivity index (χ1v) is 15.3. The third kappa shape index (κ3) is 6.04. The highest BCUT2D eigenvalue weighted by atomic mass is 79.9. The minimum absolute atomic E-state index is 0.0564. The maximum Gasteiger partial charge on any atom is 0.451 e. The lowest BCUT2D eigenvalue weighted by Gasteiger charge is -2.27. The summed E-state index contributed by atoms with van der Waals surface area (Å²) in [4.78, 5) is 24.7. The molecule has 1 aliphatic heterocycles.